The first-order valence-corrected chi connectivity index (χ1v) is 7.22. The Hall–Kier alpha value is -2.06. The van der Waals surface area contributed by atoms with Gasteiger partial charge in [0, 0.05) is 21.5 Å². The Labute approximate surface area is 122 Å². The van der Waals surface area contributed by atoms with E-state index in [0.29, 0.717) is 17.0 Å². The highest BCUT2D eigenvalue weighted by molar-refractivity contribution is 7.21. The minimum absolute atomic E-state index is 0.217. The summed E-state index contributed by atoms with van der Waals surface area (Å²) in [6, 6.07) is 1.67. The van der Waals surface area contributed by atoms with Gasteiger partial charge in [-0.05, 0) is 26.3 Å². The molecule has 2 aromatic rings. The molecule has 0 aliphatic heterocycles. The second kappa shape index (κ2) is 5.51. The number of nitrogens with one attached hydrogen (secondary N) is 1. The van der Waals surface area contributed by atoms with Crippen molar-refractivity contribution in [1.29, 1.82) is 0 Å². The number of hydrogen-bond acceptors (Lipinski definition) is 4. The molecule has 0 saturated heterocycles. The third-order valence-corrected chi connectivity index (χ3v) is 4.29. The van der Waals surface area contributed by atoms with Crippen LogP contribution in [0, 0.1) is 26.2 Å². The zero-order valence-electron chi connectivity index (χ0n) is 11.8. The summed E-state index contributed by atoms with van der Waals surface area (Å²) >= 11 is 1.38. The van der Waals surface area contributed by atoms with Gasteiger partial charge in [0.2, 0.25) is 0 Å². The van der Waals surface area contributed by atoms with Crippen molar-refractivity contribution in [1.82, 2.24) is 10.3 Å². The number of amides is 1. The molecular formula is C15H17N3OS. The fraction of sp³-hybridized carbons (Fsp3) is 0.333. The summed E-state index contributed by atoms with van der Waals surface area (Å²) in [5.41, 5.74) is 8.35. The van der Waals surface area contributed by atoms with Crippen molar-refractivity contribution in [2.24, 2.45) is 0 Å². The number of fused-ring (bicyclic) bond motifs is 1. The maximum Gasteiger partial charge on any atom is 0.264 e. The summed E-state index contributed by atoms with van der Waals surface area (Å²) in [7, 11) is 0. The Morgan fingerprint density at radius 2 is 2.30 bits per heavy atom. The van der Waals surface area contributed by atoms with Crippen LogP contribution >= 0.6 is 11.3 Å². The van der Waals surface area contributed by atoms with E-state index in [2.05, 4.69) is 16.2 Å². The van der Waals surface area contributed by atoms with Gasteiger partial charge in [0.05, 0.1) is 11.7 Å². The zero-order chi connectivity index (χ0) is 14.9. The number of terminal acetylenes is 1. The molecule has 3 N–H and O–H groups in total. The Balaban J connectivity index is 2.46. The van der Waals surface area contributed by atoms with Gasteiger partial charge in [-0.15, -0.1) is 17.8 Å². The van der Waals surface area contributed by atoms with Crippen molar-refractivity contribution in [2.75, 3.05) is 5.73 Å². The van der Waals surface area contributed by atoms with Crippen LogP contribution in [0.4, 0.5) is 5.69 Å². The van der Waals surface area contributed by atoms with E-state index in [0.717, 1.165) is 21.5 Å². The van der Waals surface area contributed by atoms with E-state index in [-0.39, 0.29) is 11.9 Å². The van der Waals surface area contributed by atoms with Gasteiger partial charge in [-0.25, -0.2) is 0 Å². The first-order valence-electron chi connectivity index (χ1n) is 6.41. The number of pyridine rings is 1. The number of rotatable bonds is 3. The predicted molar refractivity (Wildman–Crippen MR) is 83.9 cm³/mol. The fourth-order valence-electron chi connectivity index (χ4n) is 2.13. The van der Waals surface area contributed by atoms with Crippen LogP contribution in [0.3, 0.4) is 0 Å². The molecule has 1 atom stereocenters. The number of nitrogen functional groups attached to an aromatic ring is 1. The molecule has 0 aliphatic rings. The van der Waals surface area contributed by atoms with E-state index in [4.69, 9.17) is 12.2 Å². The number of nitrogens with zero attached hydrogens (tertiary/aromatic N) is 1. The summed E-state index contributed by atoms with van der Waals surface area (Å²) in [6.07, 6.45) is 6.05. The van der Waals surface area contributed by atoms with Crippen LogP contribution in [0.5, 0.6) is 0 Å². The van der Waals surface area contributed by atoms with Crippen LogP contribution in [0.25, 0.3) is 10.1 Å². The largest absolute Gasteiger partial charge is 0.397 e. The molecule has 1 unspecified atom stereocenters. The Kier molecular flexibility index (Phi) is 3.96. The first kappa shape index (κ1) is 14.4. The van der Waals surface area contributed by atoms with Gasteiger partial charge in [-0.2, -0.15) is 0 Å². The molecule has 0 saturated carbocycles. The number of carbonyl (C=O) groups excluding carboxylic acids is 1. The Morgan fingerprint density at radius 1 is 1.60 bits per heavy atom. The van der Waals surface area contributed by atoms with Crippen molar-refractivity contribution in [3.05, 3.63) is 22.3 Å². The van der Waals surface area contributed by atoms with E-state index >= 15 is 0 Å². The number of aryl methyl sites for hydroxylation is 2. The van der Waals surface area contributed by atoms with Crippen molar-refractivity contribution in [3.8, 4) is 12.3 Å². The highest BCUT2D eigenvalue weighted by Crippen LogP contribution is 2.35. The Morgan fingerprint density at radius 3 is 2.90 bits per heavy atom. The minimum atomic E-state index is -0.270. The summed E-state index contributed by atoms with van der Waals surface area (Å²) in [6.45, 7) is 5.75. The number of hydrogen-bond donors (Lipinski definition) is 2. The van der Waals surface area contributed by atoms with Crippen molar-refractivity contribution in [2.45, 2.75) is 33.2 Å². The molecule has 0 aliphatic carbocycles. The lowest BCUT2D eigenvalue weighted by molar-refractivity contribution is 0.0950. The molecule has 0 radical (unpaired) electrons. The van der Waals surface area contributed by atoms with Gasteiger partial charge in [0.1, 0.15) is 4.88 Å². The van der Waals surface area contributed by atoms with Crippen LogP contribution in [0.15, 0.2) is 6.07 Å². The van der Waals surface area contributed by atoms with E-state index in [1.165, 1.54) is 11.3 Å². The average molecular weight is 287 g/mol. The number of anilines is 1. The van der Waals surface area contributed by atoms with Gasteiger partial charge in [-0.3, -0.25) is 9.78 Å². The standard InChI is InChI=1S/C15H17N3OS/c1-5-10(6-2)18-15(19)14-13(16)12-9(4)17-8(3)7-11(12)20-14/h1,7,10H,6,16H2,2-4H3,(H,18,19). The maximum atomic E-state index is 12.3. The molecule has 0 fully saturated rings. The molecule has 0 spiro atoms. The third kappa shape index (κ3) is 2.47. The van der Waals surface area contributed by atoms with Gasteiger partial charge in [0.15, 0.2) is 0 Å². The van der Waals surface area contributed by atoms with Gasteiger partial charge >= 0.3 is 0 Å². The second-order valence-corrected chi connectivity index (χ2v) is 5.72. The molecule has 20 heavy (non-hydrogen) atoms. The minimum Gasteiger partial charge on any atom is -0.397 e. The highest BCUT2D eigenvalue weighted by Gasteiger charge is 2.19. The summed E-state index contributed by atoms with van der Waals surface area (Å²) in [4.78, 5) is 17.2. The molecule has 1 amide bonds. The molecule has 0 bridgehead atoms. The van der Waals surface area contributed by atoms with E-state index in [1.54, 1.807) is 0 Å². The third-order valence-electron chi connectivity index (χ3n) is 3.14. The SMILES string of the molecule is C#CC(CC)NC(=O)c1sc2cc(C)nc(C)c2c1N. The average Bonchev–Trinajstić information content (AvgIpc) is 2.73. The van der Waals surface area contributed by atoms with Crippen LogP contribution in [0.2, 0.25) is 0 Å². The summed E-state index contributed by atoms with van der Waals surface area (Å²) in [5, 5.41) is 3.66. The fourth-order valence-corrected chi connectivity index (χ4v) is 3.31. The van der Waals surface area contributed by atoms with Crippen molar-refractivity contribution in [3.63, 3.8) is 0 Å². The summed E-state index contributed by atoms with van der Waals surface area (Å²) in [5.74, 6) is 2.33. The maximum absolute atomic E-state index is 12.3. The normalized spacial score (nSPS) is 12.1. The molecule has 0 aromatic carbocycles. The molecule has 2 heterocycles. The van der Waals surface area contributed by atoms with Gasteiger partial charge < -0.3 is 11.1 Å². The monoisotopic (exact) mass is 287 g/mol. The molecular weight excluding hydrogens is 270 g/mol. The first-order chi connectivity index (χ1) is 9.47. The molecule has 2 aromatic heterocycles. The number of carbonyl (C=O) groups is 1. The van der Waals surface area contributed by atoms with E-state index in [1.807, 2.05) is 26.8 Å². The van der Waals surface area contributed by atoms with Crippen molar-refractivity contribution >= 4 is 33.0 Å². The second-order valence-electron chi connectivity index (χ2n) is 4.67. The lowest BCUT2D eigenvalue weighted by Crippen LogP contribution is -2.33. The van der Waals surface area contributed by atoms with Gasteiger partial charge in [0.25, 0.3) is 5.91 Å². The lowest BCUT2D eigenvalue weighted by Gasteiger charge is -2.09. The summed E-state index contributed by atoms with van der Waals surface area (Å²) < 4.78 is 0.978. The quantitative estimate of drug-likeness (QED) is 0.853. The predicted octanol–water partition coefficient (Wildman–Crippen LogP) is 2.64. The molecule has 104 valence electrons. The molecule has 5 heteroatoms. The van der Waals surface area contributed by atoms with Crippen LogP contribution in [-0.2, 0) is 0 Å². The number of nitrogens with two attached hydrogens (primary N) is 1. The molecule has 4 nitrogen and oxygen atoms in total. The molecule has 2 rings (SSSR count). The topological polar surface area (TPSA) is 68.0 Å². The van der Waals surface area contributed by atoms with E-state index < -0.39 is 0 Å². The van der Waals surface area contributed by atoms with E-state index in [9.17, 15) is 4.79 Å². The smallest absolute Gasteiger partial charge is 0.264 e. The van der Waals surface area contributed by atoms with Crippen LogP contribution in [-0.4, -0.2) is 16.9 Å². The van der Waals surface area contributed by atoms with Crippen LogP contribution < -0.4 is 11.1 Å². The van der Waals surface area contributed by atoms with Gasteiger partial charge in [-0.1, -0.05) is 12.8 Å². The number of aromatic nitrogens is 1. The van der Waals surface area contributed by atoms with Crippen molar-refractivity contribution < 1.29 is 4.79 Å². The van der Waals surface area contributed by atoms with Crippen LogP contribution in [0.1, 0.15) is 34.4 Å². The zero-order valence-corrected chi connectivity index (χ0v) is 12.6. The lowest BCUT2D eigenvalue weighted by atomic mass is 10.2. The number of thiophene rings is 1. The Bertz CT molecular complexity index is 712. The highest BCUT2D eigenvalue weighted by atomic mass is 32.1.